The number of hydrogen-bond donors (Lipinski definition) is 0. The second-order valence-corrected chi connectivity index (χ2v) is 5.10. The monoisotopic (exact) mass is 263 g/mol. The molecule has 0 saturated carbocycles. The van der Waals surface area contributed by atoms with E-state index in [-0.39, 0.29) is 0 Å². The Morgan fingerprint density at radius 1 is 1.00 bits per heavy atom. The highest BCUT2D eigenvalue weighted by molar-refractivity contribution is 7.80. The Hall–Kier alpha value is -1.29. The zero-order valence-electron chi connectivity index (χ0n) is 10.4. The lowest BCUT2D eigenvalue weighted by atomic mass is 10.1. The maximum absolute atomic E-state index is 5.60. The molecule has 0 amide bonds. The minimum atomic E-state index is 0.618. The Morgan fingerprint density at radius 2 is 1.72 bits per heavy atom. The number of piperidine rings is 1. The van der Waals surface area contributed by atoms with E-state index in [9.17, 15) is 0 Å². The van der Waals surface area contributed by atoms with Gasteiger partial charge in [-0.25, -0.2) is 0 Å². The maximum Gasteiger partial charge on any atom is 0.162 e. The van der Waals surface area contributed by atoms with Crippen molar-refractivity contribution in [1.29, 1.82) is 0 Å². The van der Waals surface area contributed by atoms with E-state index in [4.69, 9.17) is 21.7 Å². The van der Waals surface area contributed by atoms with Crippen molar-refractivity contribution in [3.8, 4) is 11.5 Å². The first-order valence-electron chi connectivity index (χ1n) is 6.53. The molecule has 2 heterocycles. The normalized spacial score (nSPS) is 18.6. The number of likely N-dealkylation sites (tertiary alicyclic amines) is 1. The molecule has 18 heavy (non-hydrogen) atoms. The number of fused-ring (bicyclic) bond motifs is 1. The molecule has 2 aliphatic rings. The topological polar surface area (TPSA) is 21.7 Å². The fraction of sp³-hybridized carbons (Fsp3) is 0.500. The third-order valence-electron chi connectivity index (χ3n) is 3.43. The zero-order chi connectivity index (χ0) is 12.4. The van der Waals surface area contributed by atoms with Crippen LogP contribution in [0.15, 0.2) is 18.2 Å². The first-order valence-corrected chi connectivity index (χ1v) is 6.94. The molecular weight excluding hydrogens is 246 g/mol. The molecule has 0 aromatic heterocycles. The lowest BCUT2D eigenvalue weighted by molar-refractivity contribution is 0.171. The molecule has 0 atom stereocenters. The van der Waals surface area contributed by atoms with Crippen LogP contribution in [-0.4, -0.2) is 36.2 Å². The van der Waals surface area contributed by atoms with Crippen LogP contribution in [0.2, 0.25) is 0 Å². The SMILES string of the molecule is S=C(c1ccc2c(c1)OCCO2)N1CCCCC1. The van der Waals surface area contributed by atoms with Crippen molar-refractivity contribution in [3.05, 3.63) is 23.8 Å². The molecule has 1 saturated heterocycles. The predicted molar refractivity (Wildman–Crippen MR) is 74.6 cm³/mol. The molecule has 0 N–H and O–H groups in total. The predicted octanol–water partition coefficient (Wildman–Crippen LogP) is 2.62. The summed E-state index contributed by atoms with van der Waals surface area (Å²) < 4.78 is 11.1. The Bertz CT molecular complexity index is 455. The molecule has 0 aliphatic carbocycles. The van der Waals surface area contributed by atoms with Gasteiger partial charge in [-0.2, -0.15) is 0 Å². The highest BCUT2D eigenvalue weighted by Crippen LogP contribution is 2.31. The highest BCUT2D eigenvalue weighted by Gasteiger charge is 2.18. The van der Waals surface area contributed by atoms with E-state index in [0.717, 1.165) is 35.1 Å². The molecule has 0 bridgehead atoms. The van der Waals surface area contributed by atoms with Crippen molar-refractivity contribution >= 4 is 17.2 Å². The van der Waals surface area contributed by atoms with Gasteiger partial charge in [0.05, 0.1) is 0 Å². The number of benzene rings is 1. The summed E-state index contributed by atoms with van der Waals surface area (Å²) in [5.41, 5.74) is 1.07. The summed E-state index contributed by atoms with van der Waals surface area (Å²) in [6.07, 6.45) is 3.80. The standard InChI is InChI=1S/C14H17NO2S/c18-14(15-6-2-1-3-7-15)11-4-5-12-13(10-11)17-9-8-16-12/h4-5,10H,1-3,6-9H2. The van der Waals surface area contributed by atoms with Gasteiger partial charge in [0.1, 0.15) is 18.2 Å². The van der Waals surface area contributed by atoms with Crippen LogP contribution in [0.1, 0.15) is 24.8 Å². The fourth-order valence-corrected chi connectivity index (χ4v) is 2.77. The van der Waals surface area contributed by atoms with Gasteiger partial charge in [0.25, 0.3) is 0 Å². The van der Waals surface area contributed by atoms with Gasteiger partial charge in [-0.3, -0.25) is 0 Å². The summed E-state index contributed by atoms with van der Waals surface area (Å²) in [7, 11) is 0. The summed E-state index contributed by atoms with van der Waals surface area (Å²) in [4.78, 5) is 3.23. The first-order chi connectivity index (χ1) is 8.84. The van der Waals surface area contributed by atoms with E-state index in [1.165, 1.54) is 19.3 Å². The highest BCUT2D eigenvalue weighted by atomic mass is 32.1. The molecule has 96 valence electrons. The van der Waals surface area contributed by atoms with Gasteiger partial charge in [0.2, 0.25) is 0 Å². The van der Waals surface area contributed by atoms with E-state index < -0.39 is 0 Å². The summed E-state index contributed by atoms with van der Waals surface area (Å²) >= 11 is 5.58. The Labute approximate surface area is 113 Å². The summed E-state index contributed by atoms with van der Waals surface area (Å²) in [5, 5.41) is 0. The van der Waals surface area contributed by atoms with Crippen LogP contribution < -0.4 is 9.47 Å². The van der Waals surface area contributed by atoms with Crippen LogP contribution in [0.5, 0.6) is 11.5 Å². The van der Waals surface area contributed by atoms with E-state index in [1.807, 2.05) is 18.2 Å². The average Bonchev–Trinajstić information content (AvgIpc) is 2.47. The maximum atomic E-state index is 5.60. The second-order valence-electron chi connectivity index (χ2n) is 4.71. The minimum Gasteiger partial charge on any atom is -0.486 e. The smallest absolute Gasteiger partial charge is 0.162 e. The van der Waals surface area contributed by atoms with E-state index >= 15 is 0 Å². The molecule has 2 aliphatic heterocycles. The molecule has 0 unspecified atom stereocenters. The molecule has 1 fully saturated rings. The lowest BCUT2D eigenvalue weighted by Gasteiger charge is -2.29. The fourth-order valence-electron chi connectivity index (χ4n) is 2.46. The molecule has 0 spiro atoms. The van der Waals surface area contributed by atoms with Crippen LogP contribution in [0.25, 0.3) is 0 Å². The van der Waals surface area contributed by atoms with Crippen LogP contribution in [0.4, 0.5) is 0 Å². The molecule has 3 nitrogen and oxygen atoms in total. The molecule has 1 aromatic carbocycles. The number of ether oxygens (including phenoxy) is 2. The van der Waals surface area contributed by atoms with Crippen molar-refractivity contribution in [2.75, 3.05) is 26.3 Å². The van der Waals surface area contributed by atoms with Crippen molar-refractivity contribution in [2.24, 2.45) is 0 Å². The van der Waals surface area contributed by atoms with Gasteiger partial charge < -0.3 is 14.4 Å². The first kappa shape index (κ1) is 11.8. The third-order valence-corrected chi connectivity index (χ3v) is 3.93. The van der Waals surface area contributed by atoms with Crippen molar-refractivity contribution in [2.45, 2.75) is 19.3 Å². The largest absolute Gasteiger partial charge is 0.486 e. The van der Waals surface area contributed by atoms with Gasteiger partial charge in [-0.1, -0.05) is 12.2 Å². The van der Waals surface area contributed by atoms with Gasteiger partial charge in [-0.05, 0) is 37.5 Å². The van der Waals surface area contributed by atoms with Gasteiger partial charge in [-0.15, -0.1) is 0 Å². The van der Waals surface area contributed by atoms with Crippen molar-refractivity contribution < 1.29 is 9.47 Å². The van der Waals surface area contributed by atoms with Gasteiger partial charge >= 0.3 is 0 Å². The molecule has 1 aromatic rings. The van der Waals surface area contributed by atoms with Crippen LogP contribution >= 0.6 is 12.2 Å². The quantitative estimate of drug-likeness (QED) is 0.726. The minimum absolute atomic E-state index is 0.618. The molecular formula is C14H17NO2S. The Morgan fingerprint density at radius 3 is 2.50 bits per heavy atom. The molecule has 3 rings (SSSR count). The Balaban J connectivity index is 1.80. The van der Waals surface area contributed by atoms with Gasteiger partial charge in [0, 0.05) is 18.7 Å². The zero-order valence-corrected chi connectivity index (χ0v) is 11.2. The third kappa shape index (κ3) is 2.29. The molecule has 0 radical (unpaired) electrons. The number of rotatable bonds is 1. The van der Waals surface area contributed by atoms with Gasteiger partial charge in [0.15, 0.2) is 11.5 Å². The van der Waals surface area contributed by atoms with Crippen LogP contribution in [0.3, 0.4) is 0 Å². The van der Waals surface area contributed by atoms with Crippen molar-refractivity contribution in [3.63, 3.8) is 0 Å². The lowest BCUT2D eigenvalue weighted by Crippen LogP contribution is -2.35. The van der Waals surface area contributed by atoms with E-state index in [0.29, 0.717) is 13.2 Å². The van der Waals surface area contributed by atoms with E-state index in [1.54, 1.807) is 0 Å². The Kier molecular flexibility index (Phi) is 3.37. The summed E-state index contributed by atoms with van der Waals surface area (Å²) in [5.74, 6) is 1.64. The van der Waals surface area contributed by atoms with Crippen molar-refractivity contribution in [1.82, 2.24) is 4.90 Å². The number of thiocarbonyl (C=S) groups is 1. The van der Waals surface area contributed by atoms with Crippen LogP contribution in [0, 0.1) is 0 Å². The second kappa shape index (κ2) is 5.14. The number of hydrogen-bond acceptors (Lipinski definition) is 3. The average molecular weight is 263 g/mol. The molecule has 4 heteroatoms. The summed E-state index contributed by atoms with van der Waals surface area (Å²) in [6, 6.07) is 6.00. The van der Waals surface area contributed by atoms with E-state index in [2.05, 4.69) is 4.90 Å². The number of nitrogens with zero attached hydrogens (tertiary/aromatic N) is 1. The summed E-state index contributed by atoms with van der Waals surface area (Å²) in [6.45, 7) is 3.40. The van der Waals surface area contributed by atoms with Crippen LogP contribution in [-0.2, 0) is 0 Å².